The summed E-state index contributed by atoms with van der Waals surface area (Å²) < 4.78 is 14.1. The quantitative estimate of drug-likeness (QED) is 0.699. The number of benzene rings is 1. The lowest BCUT2D eigenvalue weighted by Crippen LogP contribution is -1.86. The third kappa shape index (κ3) is 1.28. The Balaban J connectivity index is 2.79. The van der Waals surface area contributed by atoms with Gasteiger partial charge in [0.2, 0.25) is 0 Å². The van der Waals surface area contributed by atoms with E-state index in [1.807, 2.05) is 13.0 Å². The van der Waals surface area contributed by atoms with Gasteiger partial charge in [0, 0.05) is 15.5 Å². The summed E-state index contributed by atoms with van der Waals surface area (Å²) in [7, 11) is 0. The van der Waals surface area contributed by atoms with Gasteiger partial charge in [0.25, 0.3) is 0 Å². The SMILES string of the molecule is CCc1cc2scc(F)c2cc1C#N. The lowest BCUT2D eigenvalue weighted by Gasteiger charge is -2.00. The highest BCUT2D eigenvalue weighted by molar-refractivity contribution is 7.17. The number of nitriles is 1. The van der Waals surface area contributed by atoms with Crippen molar-refractivity contribution in [1.29, 1.82) is 5.26 Å². The number of hydrogen-bond acceptors (Lipinski definition) is 2. The molecule has 0 atom stereocenters. The van der Waals surface area contributed by atoms with Crippen molar-refractivity contribution in [3.63, 3.8) is 0 Å². The number of rotatable bonds is 1. The second-order valence-corrected chi connectivity index (χ2v) is 3.97. The van der Waals surface area contributed by atoms with Gasteiger partial charge >= 0.3 is 0 Å². The highest BCUT2D eigenvalue weighted by atomic mass is 32.1. The van der Waals surface area contributed by atoms with Crippen LogP contribution in [-0.4, -0.2) is 0 Å². The van der Waals surface area contributed by atoms with Gasteiger partial charge in [-0.25, -0.2) is 4.39 Å². The molecule has 0 fully saturated rings. The smallest absolute Gasteiger partial charge is 0.141 e. The van der Waals surface area contributed by atoms with Gasteiger partial charge in [0.05, 0.1) is 11.6 Å². The Morgan fingerprint density at radius 1 is 1.50 bits per heavy atom. The predicted octanol–water partition coefficient (Wildman–Crippen LogP) is 3.47. The molecule has 0 aliphatic heterocycles. The van der Waals surface area contributed by atoms with Crippen LogP contribution in [0.25, 0.3) is 10.1 Å². The van der Waals surface area contributed by atoms with E-state index in [0.717, 1.165) is 16.7 Å². The average Bonchev–Trinajstić information content (AvgIpc) is 2.58. The van der Waals surface area contributed by atoms with Crippen LogP contribution in [0.1, 0.15) is 18.1 Å². The third-order valence-corrected chi connectivity index (χ3v) is 3.17. The van der Waals surface area contributed by atoms with Crippen LogP contribution in [0.3, 0.4) is 0 Å². The Labute approximate surface area is 85.4 Å². The highest BCUT2D eigenvalue weighted by Gasteiger charge is 2.08. The lowest BCUT2D eigenvalue weighted by atomic mass is 10.0. The Morgan fingerprint density at radius 3 is 2.93 bits per heavy atom. The van der Waals surface area contributed by atoms with E-state index in [2.05, 4.69) is 6.07 Å². The molecule has 0 aliphatic rings. The fourth-order valence-electron chi connectivity index (χ4n) is 1.48. The van der Waals surface area contributed by atoms with Crippen LogP contribution >= 0.6 is 11.3 Å². The number of nitrogens with zero attached hydrogens (tertiary/aromatic N) is 1. The Morgan fingerprint density at radius 2 is 2.29 bits per heavy atom. The molecule has 0 spiro atoms. The molecule has 0 aliphatic carbocycles. The molecular weight excluding hydrogens is 197 g/mol. The zero-order valence-electron chi connectivity index (χ0n) is 7.67. The van der Waals surface area contributed by atoms with Gasteiger partial charge in [-0.1, -0.05) is 6.92 Å². The van der Waals surface area contributed by atoms with Crippen molar-refractivity contribution in [2.24, 2.45) is 0 Å². The van der Waals surface area contributed by atoms with Crippen molar-refractivity contribution in [3.05, 3.63) is 34.5 Å². The van der Waals surface area contributed by atoms with Crippen molar-refractivity contribution in [2.45, 2.75) is 13.3 Å². The molecule has 0 radical (unpaired) electrons. The van der Waals surface area contributed by atoms with Crippen LogP contribution in [0.4, 0.5) is 4.39 Å². The fraction of sp³-hybridized carbons (Fsp3) is 0.182. The minimum atomic E-state index is -0.232. The summed E-state index contributed by atoms with van der Waals surface area (Å²) in [4.78, 5) is 0. The molecular formula is C11H8FNS. The molecule has 0 N–H and O–H groups in total. The van der Waals surface area contributed by atoms with Gasteiger partial charge in [0.1, 0.15) is 5.82 Å². The van der Waals surface area contributed by atoms with Crippen LogP contribution in [0.15, 0.2) is 17.5 Å². The van der Waals surface area contributed by atoms with E-state index >= 15 is 0 Å². The van der Waals surface area contributed by atoms with Gasteiger partial charge in [0.15, 0.2) is 0 Å². The molecule has 2 aromatic rings. The summed E-state index contributed by atoms with van der Waals surface area (Å²) >= 11 is 1.38. The van der Waals surface area contributed by atoms with E-state index in [0.29, 0.717) is 10.9 Å². The molecule has 1 nitrogen and oxygen atoms in total. The van der Waals surface area contributed by atoms with Crippen LogP contribution in [0.5, 0.6) is 0 Å². The first kappa shape index (κ1) is 9.17. The molecule has 0 saturated heterocycles. The maximum atomic E-state index is 13.2. The summed E-state index contributed by atoms with van der Waals surface area (Å²) in [5.41, 5.74) is 1.57. The summed E-state index contributed by atoms with van der Waals surface area (Å²) in [5.74, 6) is -0.232. The van der Waals surface area contributed by atoms with Crippen molar-refractivity contribution in [3.8, 4) is 6.07 Å². The zero-order valence-corrected chi connectivity index (χ0v) is 8.49. The van der Waals surface area contributed by atoms with Crippen molar-refractivity contribution >= 4 is 21.4 Å². The monoisotopic (exact) mass is 205 g/mol. The van der Waals surface area contributed by atoms with Gasteiger partial charge < -0.3 is 0 Å². The van der Waals surface area contributed by atoms with Gasteiger partial charge in [-0.15, -0.1) is 11.3 Å². The van der Waals surface area contributed by atoms with Crippen molar-refractivity contribution in [1.82, 2.24) is 0 Å². The molecule has 14 heavy (non-hydrogen) atoms. The third-order valence-electron chi connectivity index (χ3n) is 2.25. The number of halogens is 1. The standard InChI is InChI=1S/C11H8FNS/c1-2-7-4-11-9(3-8(7)5-13)10(12)6-14-11/h3-4,6H,2H2,1H3. The second kappa shape index (κ2) is 3.39. The van der Waals surface area contributed by atoms with Crippen LogP contribution in [0.2, 0.25) is 0 Å². The molecule has 0 bridgehead atoms. The minimum Gasteiger partial charge on any atom is -0.205 e. The number of aryl methyl sites for hydroxylation is 1. The molecule has 2 rings (SSSR count). The fourth-order valence-corrected chi connectivity index (χ4v) is 2.33. The molecule has 0 amide bonds. The van der Waals surface area contributed by atoms with E-state index in [1.165, 1.54) is 16.7 Å². The molecule has 0 unspecified atom stereocenters. The largest absolute Gasteiger partial charge is 0.205 e. The van der Waals surface area contributed by atoms with Crippen molar-refractivity contribution < 1.29 is 4.39 Å². The summed E-state index contributed by atoms with van der Waals surface area (Å²) in [6.07, 6.45) is 0.804. The van der Waals surface area contributed by atoms with E-state index in [9.17, 15) is 4.39 Å². The minimum absolute atomic E-state index is 0.232. The normalized spacial score (nSPS) is 10.4. The van der Waals surface area contributed by atoms with Crippen molar-refractivity contribution in [2.75, 3.05) is 0 Å². The Bertz CT molecular complexity index is 522. The van der Waals surface area contributed by atoms with Crippen LogP contribution in [-0.2, 0) is 6.42 Å². The van der Waals surface area contributed by atoms with Gasteiger partial charge in [-0.3, -0.25) is 0 Å². The van der Waals surface area contributed by atoms with E-state index in [-0.39, 0.29) is 5.82 Å². The Kier molecular flexibility index (Phi) is 2.22. The number of fused-ring (bicyclic) bond motifs is 1. The van der Waals surface area contributed by atoms with Crippen LogP contribution in [0, 0.1) is 17.1 Å². The van der Waals surface area contributed by atoms with E-state index in [1.54, 1.807) is 6.07 Å². The number of hydrogen-bond donors (Lipinski definition) is 0. The molecule has 0 saturated carbocycles. The summed E-state index contributed by atoms with van der Waals surface area (Å²) in [6.45, 7) is 1.99. The second-order valence-electron chi connectivity index (χ2n) is 3.05. The van der Waals surface area contributed by atoms with E-state index < -0.39 is 0 Å². The summed E-state index contributed by atoms with van der Waals surface area (Å²) in [5, 5.41) is 10.9. The average molecular weight is 205 g/mol. The first-order valence-electron chi connectivity index (χ1n) is 4.36. The molecule has 1 heterocycles. The Hall–Kier alpha value is -1.40. The maximum absolute atomic E-state index is 13.2. The number of thiophene rings is 1. The maximum Gasteiger partial charge on any atom is 0.141 e. The first-order valence-corrected chi connectivity index (χ1v) is 5.24. The molecule has 70 valence electrons. The topological polar surface area (TPSA) is 23.8 Å². The summed E-state index contributed by atoms with van der Waals surface area (Å²) in [6, 6.07) is 5.64. The zero-order chi connectivity index (χ0) is 10.1. The molecule has 1 aromatic heterocycles. The van der Waals surface area contributed by atoms with Gasteiger partial charge in [-0.2, -0.15) is 5.26 Å². The lowest BCUT2D eigenvalue weighted by molar-refractivity contribution is 0.644. The molecule has 3 heteroatoms. The molecule has 1 aromatic carbocycles. The predicted molar refractivity (Wildman–Crippen MR) is 55.9 cm³/mol. The van der Waals surface area contributed by atoms with Crippen LogP contribution < -0.4 is 0 Å². The van der Waals surface area contributed by atoms with E-state index in [4.69, 9.17) is 5.26 Å². The van der Waals surface area contributed by atoms with Gasteiger partial charge in [-0.05, 0) is 24.1 Å². The highest BCUT2D eigenvalue weighted by Crippen LogP contribution is 2.27. The first-order chi connectivity index (χ1) is 6.76.